The largest absolute Gasteiger partial charge is 0.458 e. The first-order chi connectivity index (χ1) is 13.3. The molecule has 2 rings (SSSR count). The minimum absolute atomic E-state index is 0.0803. The van der Waals surface area contributed by atoms with Crippen LogP contribution in [0.4, 0.5) is 0 Å². The highest BCUT2D eigenvalue weighted by atomic mass is 16.5. The van der Waals surface area contributed by atoms with Crippen molar-refractivity contribution in [1.29, 1.82) is 0 Å². The first kappa shape index (κ1) is 23.6. The van der Waals surface area contributed by atoms with Crippen molar-refractivity contribution in [2.24, 2.45) is 11.8 Å². The Balaban J connectivity index is 1.60. The van der Waals surface area contributed by atoms with Gasteiger partial charge in [-0.3, -0.25) is 9.59 Å². The zero-order valence-corrected chi connectivity index (χ0v) is 18.1. The second kappa shape index (κ2) is 12.1. The fourth-order valence-electron chi connectivity index (χ4n) is 4.68. The summed E-state index contributed by atoms with van der Waals surface area (Å²) in [5, 5.41) is 13.9. The lowest BCUT2D eigenvalue weighted by atomic mass is 9.64. The standard InChI is InChI=1S/C22H40BNO4/c1-16(2)5-4-12-24-20-9-6-18(7-10-20)14-21(26)15-19-8-11-22(13-17(3)25)28-23(19)27/h16,18-20,22,24,27H,4-15H2,1-3H3/t18?,19-,20?,22+/m1/s1. The van der Waals surface area contributed by atoms with Crippen LogP contribution < -0.4 is 5.32 Å². The average molecular weight is 393 g/mol. The third kappa shape index (κ3) is 8.75. The van der Waals surface area contributed by atoms with Crippen LogP contribution in [-0.4, -0.2) is 42.4 Å². The number of carbonyl (C=O) groups excluding carboxylic acids is 2. The molecule has 2 aliphatic rings. The topological polar surface area (TPSA) is 75.6 Å². The molecule has 0 aromatic heterocycles. The maximum atomic E-state index is 12.5. The fourth-order valence-corrected chi connectivity index (χ4v) is 4.68. The van der Waals surface area contributed by atoms with Gasteiger partial charge >= 0.3 is 7.12 Å². The molecule has 160 valence electrons. The summed E-state index contributed by atoms with van der Waals surface area (Å²) in [4.78, 5) is 23.7. The number of carbonyl (C=O) groups is 2. The summed E-state index contributed by atoms with van der Waals surface area (Å²) >= 11 is 0. The molecule has 0 aromatic carbocycles. The summed E-state index contributed by atoms with van der Waals surface area (Å²) < 4.78 is 5.55. The van der Waals surface area contributed by atoms with Gasteiger partial charge in [0.25, 0.3) is 0 Å². The molecule has 1 saturated carbocycles. The van der Waals surface area contributed by atoms with E-state index >= 15 is 0 Å². The number of nitrogens with one attached hydrogen (secondary N) is 1. The van der Waals surface area contributed by atoms with Gasteiger partial charge in [0.15, 0.2) is 0 Å². The van der Waals surface area contributed by atoms with E-state index in [0.29, 0.717) is 31.2 Å². The molecule has 1 aliphatic carbocycles. The number of ketones is 2. The number of rotatable bonds is 11. The third-order valence-corrected chi connectivity index (χ3v) is 6.35. The van der Waals surface area contributed by atoms with Crippen LogP contribution in [0.2, 0.25) is 5.82 Å². The maximum Gasteiger partial charge on any atom is 0.458 e. The van der Waals surface area contributed by atoms with Crippen molar-refractivity contribution in [2.75, 3.05) is 6.54 Å². The van der Waals surface area contributed by atoms with Gasteiger partial charge in [-0.05, 0) is 76.7 Å². The van der Waals surface area contributed by atoms with Crippen molar-refractivity contribution in [3.8, 4) is 0 Å². The van der Waals surface area contributed by atoms with Crippen LogP contribution in [0.15, 0.2) is 0 Å². The molecule has 1 heterocycles. The lowest BCUT2D eigenvalue weighted by Crippen LogP contribution is -2.38. The summed E-state index contributed by atoms with van der Waals surface area (Å²) in [6.45, 7) is 7.19. The van der Waals surface area contributed by atoms with E-state index in [1.165, 1.54) is 25.7 Å². The molecule has 6 heteroatoms. The van der Waals surface area contributed by atoms with Crippen LogP contribution in [-0.2, 0) is 14.2 Å². The van der Waals surface area contributed by atoms with E-state index in [9.17, 15) is 14.6 Å². The van der Waals surface area contributed by atoms with Crippen molar-refractivity contribution in [3.63, 3.8) is 0 Å². The van der Waals surface area contributed by atoms with E-state index in [4.69, 9.17) is 4.65 Å². The van der Waals surface area contributed by atoms with Crippen LogP contribution in [0.1, 0.15) is 91.4 Å². The Bertz CT molecular complexity index is 491. The number of Topliss-reactive ketones (excluding diaryl/α,β-unsaturated/α-hetero) is 2. The smallest absolute Gasteiger partial charge is 0.427 e. The molecule has 5 nitrogen and oxygen atoms in total. The first-order valence-corrected chi connectivity index (χ1v) is 11.4. The average Bonchev–Trinajstić information content (AvgIpc) is 2.62. The van der Waals surface area contributed by atoms with Gasteiger partial charge in [0.1, 0.15) is 11.6 Å². The van der Waals surface area contributed by atoms with Gasteiger partial charge in [0.2, 0.25) is 0 Å². The Labute approximate surface area is 171 Å². The SMILES string of the molecule is CC(=O)C[C@@H]1CC[C@H](CC(=O)CC2CCC(NCCCC(C)C)CC2)B(O)O1. The molecule has 0 aromatic rings. The van der Waals surface area contributed by atoms with Gasteiger partial charge in [-0.2, -0.15) is 0 Å². The van der Waals surface area contributed by atoms with Crippen LogP contribution in [0.3, 0.4) is 0 Å². The van der Waals surface area contributed by atoms with Gasteiger partial charge in [-0.1, -0.05) is 13.8 Å². The summed E-state index contributed by atoms with van der Waals surface area (Å²) in [7, 11) is -0.909. The van der Waals surface area contributed by atoms with Gasteiger partial charge in [-0.15, -0.1) is 0 Å². The quantitative estimate of drug-likeness (QED) is 0.411. The Morgan fingerprint density at radius 2 is 1.79 bits per heavy atom. The Morgan fingerprint density at radius 1 is 1.07 bits per heavy atom. The second-order valence-electron chi connectivity index (χ2n) is 9.55. The van der Waals surface area contributed by atoms with E-state index in [1.54, 1.807) is 6.92 Å². The molecule has 1 saturated heterocycles. The van der Waals surface area contributed by atoms with Crippen molar-refractivity contribution in [1.82, 2.24) is 5.32 Å². The van der Waals surface area contributed by atoms with Crippen molar-refractivity contribution in [3.05, 3.63) is 0 Å². The molecule has 0 amide bonds. The minimum Gasteiger partial charge on any atom is -0.427 e. The molecule has 0 unspecified atom stereocenters. The molecule has 28 heavy (non-hydrogen) atoms. The second-order valence-corrected chi connectivity index (χ2v) is 9.55. The number of hydrogen-bond donors (Lipinski definition) is 2. The molecular formula is C22H40BNO4. The van der Waals surface area contributed by atoms with Gasteiger partial charge in [-0.25, -0.2) is 0 Å². The first-order valence-electron chi connectivity index (χ1n) is 11.4. The Morgan fingerprint density at radius 3 is 2.39 bits per heavy atom. The lowest BCUT2D eigenvalue weighted by Gasteiger charge is -2.31. The van der Waals surface area contributed by atoms with Crippen LogP contribution in [0.5, 0.6) is 0 Å². The lowest BCUT2D eigenvalue weighted by molar-refractivity contribution is -0.121. The molecular weight excluding hydrogens is 353 g/mol. The summed E-state index contributed by atoms with van der Waals surface area (Å²) in [5.41, 5.74) is 0. The fraction of sp³-hybridized carbons (Fsp3) is 0.909. The molecule has 0 radical (unpaired) electrons. The summed E-state index contributed by atoms with van der Waals surface area (Å²) in [6, 6.07) is 0.616. The molecule has 0 spiro atoms. The molecule has 1 aliphatic heterocycles. The predicted octanol–water partition coefficient (Wildman–Crippen LogP) is 3.93. The monoisotopic (exact) mass is 393 g/mol. The highest BCUT2D eigenvalue weighted by Gasteiger charge is 2.36. The third-order valence-electron chi connectivity index (χ3n) is 6.35. The van der Waals surface area contributed by atoms with E-state index in [-0.39, 0.29) is 23.5 Å². The van der Waals surface area contributed by atoms with E-state index in [1.807, 2.05) is 0 Å². The van der Waals surface area contributed by atoms with Gasteiger partial charge in [0.05, 0.1) is 0 Å². The highest BCUT2D eigenvalue weighted by Crippen LogP contribution is 2.33. The van der Waals surface area contributed by atoms with Crippen LogP contribution >= 0.6 is 0 Å². The zero-order valence-electron chi connectivity index (χ0n) is 18.1. The molecule has 0 bridgehead atoms. The van der Waals surface area contributed by atoms with E-state index < -0.39 is 7.12 Å². The van der Waals surface area contributed by atoms with Crippen molar-refractivity contribution in [2.45, 2.75) is 109 Å². The highest BCUT2D eigenvalue weighted by molar-refractivity contribution is 6.45. The van der Waals surface area contributed by atoms with Crippen molar-refractivity contribution >= 4 is 18.7 Å². The number of hydrogen-bond acceptors (Lipinski definition) is 5. The van der Waals surface area contributed by atoms with Crippen LogP contribution in [0, 0.1) is 11.8 Å². The van der Waals surface area contributed by atoms with E-state index in [2.05, 4.69) is 19.2 Å². The Kier molecular flexibility index (Phi) is 10.2. The maximum absolute atomic E-state index is 12.5. The summed E-state index contributed by atoms with van der Waals surface area (Å²) in [5.74, 6) is 1.49. The van der Waals surface area contributed by atoms with E-state index in [0.717, 1.165) is 38.1 Å². The molecule has 2 N–H and O–H groups in total. The predicted molar refractivity (Wildman–Crippen MR) is 113 cm³/mol. The minimum atomic E-state index is -0.909. The normalized spacial score (nSPS) is 28.5. The Hall–Kier alpha value is -0.715. The summed E-state index contributed by atoms with van der Waals surface area (Å²) in [6.07, 6.45) is 9.83. The van der Waals surface area contributed by atoms with Gasteiger partial charge in [0, 0.05) is 37.2 Å². The van der Waals surface area contributed by atoms with Crippen molar-refractivity contribution < 1.29 is 19.3 Å². The zero-order chi connectivity index (χ0) is 20.5. The molecule has 2 fully saturated rings. The molecule has 2 atom stereocenters. The van der Waals surface area contributed by atoms with Crippen LogP contribution in [0.25, 0.3) is 0 Å². The van der Waals surface area contributed by atoms with Gasteiger partial charge < -0.3 is 15.0 Å².